The van der Waals surface area contributed by atoms with Gasteiger partial charge < -0.3 is 10.1 Å². The summed E-state index contributed by atoms with van der Waals surface area (Å²) in [5.41, 5.74) is 0. The highest BCUT2D eigenvalue weighted by Gasteiger charge is 2.15. The molecule has 1 atom stereocenters. The minimum absolute atomic E-state index is 0.781. The molecular weight excluding hydrogens is 188 g/mol. The molecule has 1 saturated heterocycles. The van der Waals surface area contributed by atoms with Gasteiger partial charge in [-0.05, 0) is 31.6 Å². The number of ether oxygens (including phenoxy) is 1. The molecule has 0 aromatic heterocycles. The van der Waals surface area contributed by atoms with Crippen LogP contribution in [0.5, 0.6) is 0 Å². The summed E-state index contributed by atoms with van der Waals surface area (Å²) < 4.78 is 5.36. The molecule has 3 nitrogen and oxygen atoms in total. The van der Waals surface area contributed by atoms with Crippen molar-refractivity contribution in [3.05, 3.63) is 0 Å². The van der Waals surface area contributed by atoms with Crippen molar-refractivity contribution in [3.8, 4) is 0 Å². The molecule has 15 heavy (non-hydrogen) atoms. The van der Waals surface area contributed by atoms with Crippen LogP contribution in [0.15, 0.2) is 4.99 Å². The fourth-order valence-corrected chi connectivity index (χ4v) is 2.25. The maximum Gasteiger partial charge on any atom is 0.0963 e. The van der Waals surface area contributed by atoms with Crippen LogP contribution in [0.4, 0.5) is 0 Å². The summed E-state index contributed by atoms with van der Waals surface area (Å²) in [5.74, 6) is 2.02. The number of nitrogens with one attached hydrogen (secondary N) is 1. The smallest absolute Gasteiger partial charge is 0.0963 e. The standard InChI is InChI=1S/C12H22N2O/c1-2-4-12(13-7-3-1)14-8-5-11-6-9-15-10-11/h11H,1-10H2,(H,13,14). The van der Waals surface area contributed by atoms with Gasteiger partial charge in [-0.25, -0.2) is 0 Å². The molecule has 1 N–H and O–H groups in total. The van der Waals surface area contributed by atoms with Crippen LogP contribution in [0.25, 0.3) is 0 Å². The lowest BCUT2D eigenvalue weighted by Crippen LogP contribution is -2.26. The van der Waals surface area contributed by atoms with Gasteiger partial charge in [0.25, 0.3) is 0 Å². The Morgan fingerprint density at radius 1 is 1.33 bits per heavy atom. The Labute approximate surface area is 92.3 Å². The molecule has 2 heterocycles. The van der Waals surface area contributed by atoms with Crippen molar-refractivity contribution in [1.29, 1.82) is 0 Å². The van der Waals surface area contributed by atoms with E-state index in [1.165, 1.54) is 37.9 Å². The average Bonchev–Trinajstić information content (AvgIpc) is 2.62. The molecule has 1 fully saturated rings. The summed E-state index contributed by atoms with van der Waals surface area (Å²) >= 11 is 0. The van der Waals surface area contributed by atoms with Crippen LogP contribution >= 0.6 is 0 Å². The highest BCUT2D eigenvalue weighted by molar-refractivity contribution is 5.82. The maximum atomic E-state index is 5.36. The normalized spacial score (nSPS) is 27.2. The van der Waals surface area contributed by atoms with Gasteiger partial charge in [0.15, 0.2) is 0 Å². The number of aliphatic imine (C=N–C) groups is 1. The zero-order chi connectivity index (χ0) is 10.3. The van der Waals surface area contributed by atoms with Crippen molar-refractivity contribution in [2.75, 3.05) is 26.3 Å². The van der Waals surface area contributed by atoms with Crippen LogP contribution in [0, 0.1) is 5.92 Å². The molecule has 0 saturated carbocycles. The van der Waals surface area contributed by atoms with Crippen molar-refractivity contribution in [3.63, 3.8) is 0 Å². The van der Waals surface area contributed by atoms with Gasteiger partial charge in [-0.2, -0.15) is 0 Å². The molecule has 0 amide bonds. The van der Waals surface area contributed by atoms with Crippen molar-refractivity contribution >= 4 is 5.84 Å². The van der Waals surface area contributed by atoms with Crippen molar-refractivity contribution < 1.29 is 4.74 Å². The summed E-state index contributed by atoms with van der Waals surface area (Å²) in [6.07, 6.45) is 7.54. The highest BCUT2D eigenvalue weighted by Crippen LogP contribution is 2.15. The van der Waals surface area contributed by atoms with E-state index >= 15 is 0 Å². The number of amidine groups is 1. The zero-order valence-electron chi connectivity index (χ0n) is 9.50. The predicted octanol–water partition coefficient (Wildman–Crippen LogP) is 1.98. The van der Waals surface area contributed by atoms with Gasteiger partial charge in [0.1, 0.15) is 0 Å². The fourth-order valence-electron chi connectivity index (χ4n) is 2.25. The van der Waals surface area contributed by atoms with E-state index < -0.39 is 0 Å². The Bertz CT molecular complexity index is 210. The molecule has 2 aliphatic rings. The fraction of sp³-hybridized carbons (Fsp3) is 0.917. The quantitative estimate of drug-likeness (QED) is 0.772. The summed E-state index contributed by atoms with van der Waals surface area (Å²) in [6.45, 7) is 4.03. The molecule has 0 aliphatic carbocycles. The van der Waals surface area contributed by atoms with Crippen molar-refractivity contribution in [1.82, 2.24) is 5.32 Å². The molecule has 0 aromatic rings. The van der Waals surface area contributed by atoms with Gasteiger partial charge >= 0.3 is 0 Å². The molecule has 0 radical (unpaired) electrons. The molecule has 2 rings (SSSR count). The first-order valence-corrected chi connectivity index (χ1v) is 6.30. The topological polar surface area (TPSA) is 33.6 Å². The first kappa shape index (κ1) is 10.9. The molecule has 3 heteroatoms. The summed E-state index contributed by atoms with van der Waals surface area (Å²) in [4.78, 5) is 4.56. The minimum Gasteiger partial charge on any atom is -0.381 e. The largest absolute Gasteiger partial charge is 0.381 e. The van der Waals surface area contributed by atoms with Crippen LogP contribution in [0.1, 0.15) is 38.5 Å². The Hall–Kier alpha value is -0.570. The second kappa shape index (κ2) is 6.11. The molecule has 2 aliphatic heterocycles. The Morgan fingerprint density at radius 2 is 2.33 bits per heavy atom. The molecule has 0 aromatic carbocycles. The van der Waals surface area contributed by atoms with Crippen LogP contribution in [-0.2, 0) is 4.74 Å². The Morgan fingerprint density at radius 3 is 3.20 bits per heavy atom. The Kier molecular flexibility index (Phi) is 4.45. The third-order valence-electron chi connectivity index (χ3n) is 3.28. The summed E-state index contributed by atoms with van der Waals surface area (Å²) in [5, 5.41) is 3.48. The SMILES string of the molecule is C1CCN=C(NCCC2CCOC2)CC1. The van der Waals surface area contributed by atoms with Gasteiger partial charge in [-0.3, -0.25) is 4.99 Å². The molecular formula is C12H22N2O. The highest BCUT2D eigenvalue weighted by atomic mass is 16.5. The van der Waals surface area contributed by atoms with E-state index in [0.717, 1.165) is 38.6 Å². The van der Waals surface area contributed by atoms with E-state index in [9.17, 15) is 0 Å². The first-order valence-electron chi connectivity index (χ1n) is 6.30. The van der Waals surface area contributed by atoms with Crippen LogP contribution in [0.2, 0.25) is 0 Å². The third kappa shape index (κ3) is 3.82. The molecule has 0 spiro atoms. The van der Waals surface area contributed by atoms with Crippen LogP contribution < -0.4 is 5.32 Å². The molecule has 86 valence electrons. The lowest BCUT2D eigenvalue weighted by molar-refractivity contribution is 0.184. The van der Waals surface area contributed by atoms with Gasteiger partial charge in [0.05, 0.1) is 5.84 Å². The van der Waals surface area contributed by atoms with Gasteiger partial charge in [0.2, 0.25) is 0 Å². The van der Waals surface area contributed by atoms with E-state index in [4.69, 9.17) is 4.74 Å². The van der Waals surface area contributed by atoms with Crippen LogP contribution in [-0.4, -0.2) is 32.1 Å². The summed E-state index contributed by atoms with van der Waals surface area (Å²) in [6, 6.07) is 0. The predicted molar refractivity (Wildman–Crippen MR) is 62.3 cm³/mol. The average molecular weight is 210 g/mol. The summed E-state index contributed by atoms with van der Waals surface area (Å²) in [7, 11) is 0. The van der Waals surface area contributed by atoms with E-state index in [2.05, 4.69) is 10.3 Å². The van der Waals surface area contributed by atoms with E-state index in [1.807, 2.05) is 0 Å². The second-order valence-electron chi connectivity index (χ2n) is 4.58. The maximum absolute atomic E-state index is 5.36. The van der Waals surface area contributed by atoms with E-state index in [1.54, 1.807) is 0 Å². The zero-order valence-corrected chi connectivity index (χ0v) is 9.50. The van der Waals surface area contributed by atoms with E-state index in [-0.39, 0.29) is 0 Å². The van der Waals surface area contributed by atoms with Gasteiger partial charge in [0, 0.05) is 32.7 Å². The molecule has 1 unspecified atom stereocenters. The minimum atomic E-state index is 0.781. The van der Waals surface area contributed by atoms with Gasteiger partial charge in [-0.15, -0.1) is 0 Å². The number of nitrogens with zero attached hydrogens (tertiary/aromatic N) is 1. The van der Waals surface area contributed by atoms with Crippen LogP contribution in [0.3, 0.4) is 0 Å². The third-order valence-corrected chi connectivity index (χ3v) is 3.28. The first-order chi connectivity index (χ1) is 7.45. The van der Waals surface area contributed by atoms with Crippen molar-refractivity contribution in [2.45, 2.75) is 38.5 Å². The van der Waals surface area contributed by atoms with Crippen molar-refractivity contribution in [2.24, 2.45) is 10.9 Å². The lowest BCUT2D eigenvalue weighted by atomic mass is 10.1. The lowest BCUT2D eigenvalue weighted by Gasteiger charge is -2.10. The second-order valence-corrected chi connectivity index (χ2v) is 4.58. The molecule has 0 bridgehead atoms. The Balaban J connectivity index is 1.61. The monoisotopic (exact) mass is 210 g/mol. The van der Waals surface area contributed by atoms with Gasteiger partial charge in [-0.1, -0.05) is 6.42 Å². The number of hydrogen-bond acceptors (Lipinski definition) is 3. The van der Waals surface area contributed by atoms with E-state index in [0.29, 0.717) is 0 Å². The number of hydrogen-bond donors (Lipinski definition) is 1. The number of rotatable bonds is 3.